The quantitative estimate of drug-likeness (QED) is 0.612. The van der Waals surface area contributed by atoms with Crippen molar-refractivity contribution in [1.82, 2.24) is 0 Å². The number of nitrogens with two attached hydrogens (primary N) is 1. The number of aliphatic hydroxyl groups excluding tert-OH is 1. The molecule has 0 heterocycles. The Bertz CT molecular complexity index is 137. The van der Waals surface area contributed by atoms with Gasteiger partial charge < -0.3 is 20.3 Å². The van der Waals surface area contributed by atoms with Crippen molar-refractivity contribution in [1.29, 1.82) is 0 Å². The lowest BCUT2D eigenvalue weighted by atomic mass is 10.2. The van der Waals surface area contributed by atoms with Crippen LogP contribution in [0.1, 0.15) is 13.3 Å². The maximum absolute atomic E-state index is 10.2. The number of hydrogen-bond donors (Lipinski definition) is 2. The minimum atomic E-state index is -0.831. The average molecular weight is 177 g/mol. The molecular formula is C7H15NO4. The summed E-state index contributed by atoms with van der Waals surface area (Å²) < 4.78 is 9.42. The third kappa shape index (κ3) is 5.94. The summed E-state index contributed by atoms with van der Waals surface area (Å²) in [6.07, 6.45) is -1.18. The standard InChI is InChI=1S/C7H15NO4/c1-5(9)3-6(11-2)4-12-7(8)10/h5-6,9H,3-4H2,1-2H3,(H2,8,10). The molecule has 0 rings (SSSR count). The zero-order valence-corrected chi connectivity index (χ0v) is 7.32. The van der Waals surface area contributed by atoms with E-state index >= 15 is 0 Å². The number of carbonyl (C=O) groups is 1. The van der Waals surface area contributed by atoms with Crippen molar-refractivity contribution >= 4 is 6.09 Å². The van der Waals surface area contributed by atoms with Gasteiger partial charge in [0.25, 0.3) is 0 Å². The fourth-order valence-electron chi connectivity index (χ4n) is 0.788. The van der Waals surface area contributed by atoms with E-state index in [1.807, 2.05) is 0 Å². The van der Waals surface area contributed by atoms with E-state index in [1.165, 1.54) is 7.11 Å². The second-order valence-corrected chi connectivity index (χ2v) is 2.57. The van der Waals surface area contributed by atoms with E-state index in [0.29, 0.717) is 6.42 Å². The van der Waals surface area contributed by atoms with Gasteiger partial charge in [-0.3, -0.25) is 0 Å². The first-order chi connectivity index (χ1) is 5.56. The topological polar surface area (TPSA) is 81.8 Å². The molecule has 2 atom stereocenters. The molecule has 12 heavy (non-hydrogen) atoms. The molecule has 0 bridgehead atoms. The van der Waals surface area contributed by atoms with Crippen LogP contribution in [0, 0.1) is 0 Å². The Morgan fingerprint density at radius 2 is 2.25 bits per heavy atom. The number of ether oxygens (including phenoxy) is 2. The maximum atomic E-state index is 10.2. The van der Waals surface area contributed by atoms with Crippen LogP contribution in [0.5, 0.6) is 0 Å². The van der Waals surface area contributed by atoms with Crippen LogP contribution in [0.3, 0.4) is 0 Å². The highest BCUT2D eigenvalue weighted by Gasteiger charge is 2.12. The third-order valence-electron chi connectivity index (χ3n) is 1.35. The van der Waals surface area contributed by atoms with Crippen molar-refractivity contribution in [2.45, 2.75) is 25.6 Å². The first-order valence-corrected chi connectivity index (χ1v) is 3.69. The van der Waals surface area contributed by atoms with E-state index in [1.54, 1.807) is 6.92 Å². The SMILES string of the molecule is COC(COC(N)=O)CC(C)O. The summed E-state index contributed by atoms with van der Waals surface area (Å²) in [4.78, 5) is 10.2. The van der Waals surface area contributed by atoms with Gasteiger partial charge in [-0.25, -0.2) is 4.79 Å². The van der Waals surface area contributed by atoms with Crippen LogP contribution in [0.2, 0.25) is 0 Å². The van der Waals surface area contributed by atoms with Gasteiger partial charge >= 0.3 is 6.09 Å². The summed E-state index contributed by atoms with van der Waals surface area (Å²) in [5.41, 5.74) is 4.75. The van der Waals surface area contributed by atoms with Crippen molar-refractivity contribution in [3.63, 3.8) is 0 Å². The van der Waals surface area contributed by atoms with Gasteiger partial charge in [-0.15, -0.1) is 0 Å². The molecule has 1 amide bonds. The number of primary amides is 1. The number of rotatable bonds is 5. The van der Waals surface area contributed by atoms with Gasteiger partial charge in [0.15, 0.2) is 0 Å². The Kier molecular flexibility index (Phi) is 5.40. The van der Waals surface area contributed by atoms with E-state index in [4.69, 9.17) is 15.6 Å². The van der Waals surface area contributed by atoms with Crippen LogP contribution in [-0.4, -0.2) is 37.1 Å². The minimum absolute atomic E-state index is 0.0801. The Labute approximate surface area is 71.5 Å². The molecule has 5 heteroatoms. The first kappa shape index (κ1) is 11.2. The lowest BCUT2D eigenvalue weighted by Crippen LogP contribution is -2.26. The molecule has 0 radical (unpaired) electrons. The van der Waals surface area contributed by atoms with Crippen molar-refractivity contribution in [3.05, 3.63) is 0 Å². The molecule has 3 N–H and O–H groups in total. The molecule has 0 saturated carbocycles. The molecule has 0 spiro atoms. The van der Waals surface area contributed by atoms with Crippen molar-refractivity contribution < 1.29 is 19.4 Å². The Morgan fingerprint density at radius 1 is 1.67 bits per heavy atom. The molecular weight excluding hydrogens is 162 g/mol. The van der Waals surface area contributed by atoms with Crippen LogP contribution in [0.4, 0.5) is 4.79 Å². The normalized spacial score (nSPS) is 15.2. The third-order valence-corrected chi connectivity index (χ3v) is 1.35. The highest BCUT2D eigenvalue weighted by molar-refractivity contribution is 5.64. The van der Waals surface area contributed by atoms with Crippen LogP contribution >= 0.6 is 0 Å². The van der Waals surface area contributed by atoms with Gasteiger partial charge in [0.2, 0.25) is 0 Å². The van der Waals surface area contributed by atoms with E-state index in [0.717, 1.165) is 0 Å². The summed E-state index contributed by atoms with van der Waals surface area (Å²) in [5.74, 6) is 0. The van der Waals surface area contributed by atoms with Crippen molar-refractivity contribution in [2.75, 3.05) is 13.7 Å². The van der Waals surface area contributed by atoms with Crippen LogP contribution < -0.4 is 5.73 Å². The van der Waals surface area contributed by atoms with Gasteiger partial charge in [-0.1, -0.05) is 0 Å². The van der Waals surface area contributed by atoms with E-state index in [-0.39, 0.29) is 12.7 Å². The molecule has 5 nitrogen and oxygen atoms in total. The lowest BCUT2D eigenvalue weighted by molar-refractivity contribution is 0.00806. The highest BCUT2D eigenvalue weighted by atomic mass is 16.6. The van der Waals surface area contributed by atoms with Gasteiger partial charge in [0.05, 0.1) is 12.2 Å². The Morgan fingerprint density at radius 3 is 2.58 bits per heavy atom. The summed E-state index contributed by atoms with van der Waals surface area (Å²) >= 11 is 0. The van der Waals surface area contributed by atoms with Gasteiger partial charge in [0.1, 0.15) is 6.61 Å². The fraction of sp³-hybridized carbons (Fsp3) is 0.857. The molecule has 0 aromatic carbocycles. The molecule has 72 valence electrons. The van der Waals surface area contributed by atoms with Crippen LogP contribution in [0.25, 0.3) is 0 Å². The fourth-order valence-corrected chi connectivity index (χ4v) is 0.788. The predicted octanol–water partition coefficient (Wildman–Crippen LogP) is -0.132. The number of methoxy groups -OCH3 is 1. The summed E-state index contributed by atoms with van der Waals surface area (Å²) in [5, 5.41) is 8.97. The highest BCUT2D eigenvalue weighted by Crippen LogP contribution is 2.01. The monoisotopic (exact) mass is 177 g/mol. The number of carbonyl (C=O) groups excluding carboxylic acids is 1. The second kappa shape index (κ2) is 5.79. The predicted molar refractivity (Wildman–Crippen MR) is 42.6 cm³/mol. The zero-order chi connectivity index (χ0) is 9.56. The van der Waals surface area contributed by atoms with E-state index in [9.17, 15) is 4.79 Å². The Balaban J connectivity index is 3.60. The van der Waals surface area contributed by atoms with Gasteiger partial charge in [-0.05, 0) is 6.92 Å². The van der Waals surface area contributed by atoms with Crippen LogP contribution in [0.15, 0.2) is 0 Å². The largest absolute Gasteiger partial charge is 0.447 e. The van der Waals surface area contributed by atoms with Gasteiger partial charge in [-0.2, -0.15) is 0 Å². The lowest BCUT2D eigenvalue weighted by Gasteiger charge is -2.15. The smallest absolute Gasteiger partial charge is 0.404 e. The minimum Gasteiger partial charge on any atom is -0.447 e. The maximum Gasteiger partial charge on any atom is 0.404 e. The summed E-state index contributed by atoms with van der Waals surface area (Å²) in [7, 11) is 1.48. The molecule has 0 aliphatic carbocycles. The van der Waals surface area contributed by atoms with E-state index in [2.05, 4.69) is 4.74 Å². The van der Waals surface area contributed by atoms with Crippen molar-refractivity contribution in [3.8, 4) is 0 Å². The molecule has 0 saturated heterocycles. The molecule has 2 unspecified atom stereocenters. The van der Waals surface area contributed by atoms with E-state index < -0.39 is 12.2 Å². The van der Waals surface area contributed by atoms with Crippen LogP contribution in [-0.2, 0) is 9.47 Å². The number of hydrogen-bond acceptors (Lipinski definition) is 4. The molecule has 0 aliphatic heterocycles. The van der Waals surface area contributed by atoms with Gasteiger partial charge in [0, 0.05) is 13.5 Å². The first-order valence-electron chi connectivity index (χ1n) is 3.69. The van der Waals surface area contributed by atoms with Crippen molar-refractivity contribution in [2.24, 2.45) is 5.73 Å². The Hall–Kier alpha value is -0.810. The molecule has 0 fully saturated rings. The molecule has 0 aromatic rings. The molecule has 0 aliphatic rings. The number of amides is 1. The number of aliphatic hydroxyl groups is 1. The average Bonchev–Trinajstić information content (AvgIpc) is 1.97. The summed E-state index contributed by atoms with van der Waals surface area (Å²) in [6.45, 7) is 1.72. The second-order valence-electron chi connectivity index (χ2n) is 2.57. The zero-order valence-electron chi connectivity index (χ0n) is 7.32. The molecule has 0 aromatic heterocycles. The summed E-state index contributed by atoms with van der Waals surface area (Å²) in [6, 6.07) is 0.